The Kier molecular flexibility index (Phi) is 4.32. The normalized spacial score (nSPS) is 10.8. The van der Waals surface area contributed by atoms with Crippen LogP contribution in [0.5, 0.6) is 0 Å². The summed E-state index contributed by atoms with van der Waals surface area (Å²) in [5.74, 6) is -0.574. The molecule has 3 heterocycles. The summed E-state index contributed by atoms with van der Waals surface area (Å²) in [6.45, 7) is 1.66. The Balaban J connectivity index is 1.80. The molecule has 0 bridgehead atoms. The molecule has 0 saturated heterocycles. The molecule has 8 nitrogen and oxygen atoms in total. The number of rotatable bonds is 4. The first kappa shape index (κ1) is 17.4. The van der Waals surface area contributed by atoms with Gasteiger partial charge in [0.2, 0.25) is 5.95 Å². The summed E-state index contributed by atoms with van der Waals surface area (Å²) in [5, 5.41) is 6.96. The van der Waals surface area contributed by atoms with Crippen molar-refractivity contribution in [3.05, 3.63) is 82.2 Å². The van der Waals surface area contributed by atoms with Crippen molar-refractivity contribution in [2.45, 2.75) is 6.92 Å². The monoisotopic (exact) mass is 379 g/mol. The first-order valence-corrected chi connectivity index (χ1v) is 8.29. The highest BCUT2D eigenvalue weighted by molar-refractivity contribution is 6.04. The van der Waals surface area contributed by atoms with Gasteiger partial charge in [-0.3, -0.25) is 14.6 Å². The van der Waals surface area contributed by atoms with Crippen LogP contribution in [0, 0.1) is 12.7 Å². The molecular formula is C19H14FN5O3. The predicted octanol–water partition coefficient (Wildman–Crippen LogP) is 2.92. The molecule has 1 aromatic carbocycles. The van der Waals surface area contributed by atoms with E-state index in [-0.39, 0.29) is 22.9 Å². The number of nitrogens with zero attached hydrogens (tertiary/aromatic N) is 3. The minimum Gasteiger partial charge on any atom is -0.463 e. The van der Waals surface area contributed by atoms with Crippen molar-refractivity contribution in [3.8, 4) is 17.4 Å². The number of hydrogen-bond donors (Lipinski definition) is 2. The second-order valence-electron chi connectivity index (χ2n) is 5.95. The molecule has 0 unspecified atom stereocenters. The van der Waals surface area contributed by atoms with Gasteiger partial charge in [-0.05, 0) is 31.2 Å². The molecule has 0 fully saturated rings. The van der Waals surface area contributed by atoms with Crippen LogP contribution in [0.3, 0.4) is 0 Å². The van der Waals surface area contributed by atoms with Gasteiger partial charge in [0.25, 0.3) is 11.5 Å². The number of aryl methyl sites for hydroxylation is 1. The molecule has 0 aliphatic rings. The molecule has 2 N–H and O–H groups in total. The van der Waals surface area contributed by atoms with Crippen molar-refractivity contribution in [2.24, 2.45) is 0 Å². The van der Waals surface area contributed by atoms with Gasteiger partial charge >= 0.3 is 0 Å². The fraction of sp³-hybridized carbons (Fsp3) is 0.0526. The summed E-state index contributed by atoms with van der Waals surface area (Å²) in [4.78, 5) is 31.2. The van der Waals surface area contributed by atoms with Gasteiger partial charge in [-0.15, -0.1) is 0 Å². The number of nitrogens with one attached hydrogen (secondary N) is 2. The molecule has 9 heteroatoms. The lowest BCUT2D eigenvalue weighted by Crippen LogP contribution is -2.19. The molecule has 0 aliphatic carbocycles. The standard InChI is InChI=1S/C19H14FN5O3/c1-11-9-17(26)23-19(21-11)25-16(10-14(24-25)15-7-4-8-28-15)22-18(27)12-5-2-3-6-13(12)20/h2-10H,1H3,(H,22,27)(H,21,23,26). The maximum atomic E-state index is 13.9. The number of H-pyrrole nitrogens is 1. The van der Waals surface area contributed by atoms with Gasteiger partial charge in [-0.25, -0.2) is 9.37 Å². The summed E-state index contributed by atoms with van der Waals surface area (Å²) in [6, 6.07) is 11.9. The van der Waals surface area contributed by atoms with Crippen LogP contribution in [0.2, 0.25) is 0 Å². The van der Waals surface area contributed by atoms with Crippen LogP contribution in [0.1, 0.15) is 16.1 Å². The lowest BCUT2D eigenvalue weighted by atomic mass is 10.2. The predicted molar refractivity (Wildman–Crippen MR) is 98.8 cm³/mol. The summed E-state index contributed by atoms with van der Waals surface area (Å²) < 4.78 is 20.5. The van der Waals surface area contributed by atoms with E-state index in [1.807, 2.05) is 0 Å². The van der Waals surface area contributed by atoms with E-state index in [0.717, 1.165) is 0 Å². The lowest BCUT2D eigenvalue weighted by molar-refractivity contribution is 0.102. The van der Waals surface area contributed by atoms with Crippen LogP contribution in [0.4, 0.5) is 10.2 Å². The smallest absolute Gasteiger partial charge is 0.259 e. The van der Waals surface area contributed by atoms with Crippen molar-refractivity contribution < 1.29 is 13.6 Å². The van der Waals surface area contributed by atoms with Gasteiger partial charge in [0.1, 0.15) is 17.3 Å². The summed E-state index contributed by atoms with van der Waals surface area (Å²) in [7, 11) is 0. The Bertz CT molecular complexity index is 1210. The Morgan fingerprint density at radius 2 is 2.04 bits per heavy atom. The maximum Gasteiger partial charge on any atom is 0.259 e. The SMILES string of the molecule is Cc1cc(=O)[nH]c(-n2nc(-c3ccco3)cc2NC(=O)c2ccccc2F)n1. The van der Waals surface area contributed by atoms with Crippen LogP contribution in [0.25, 0.3) is 17.4 Å². The second kappa shape index (κ2) is 6.95. The molecule has 0 saturated carbocycles. The number of amides is 1. The molecule has 28 heavy (non-hydrogen) atoms. The molecular weight excluding hydrogens is 365 g/mol. The zero-order chi connectivity index (χ0) is 19.7. The first-order chi connectivity index (χ1) is 13.5. The van der Waals surface area contributed by atoms with E-state index in [1.54, 1.807) is 31.2 Å². The largest absolute Gasteiger partial charge is 0.463 e. The van der Waals surface area contributed by atoms with Crippen molar-refractivity contribution in [1.82, 2.24) is 19.7 Å². The Morgan fingerprint density at radius 1 is 1.21 bits per heavy atom. The van der Waals surface area contributed by atoms with Crippen molar-refractivity contribution in [2.75, 3.05) is 5.32 Å². The van der Waals surface area contributed by atoms with Crippen molar-refractivity contribution in [3.63, 3.8) is 0 Å². The average Bonchev–Trinajstić information content (AvgIpc) is 3.30. The maximum absolute atomic E-state index is 13.9. The van der Waals surface area contributed by atoms with Gasteiger partial charge < -0.3 is 9.73 Å². The minimum atomic E-state index is -0.666. The van der Waals surface area contributed by atoms with Crippen LogP contribution in [-0.4, -0.2) is 25.7 Å². The van der Waals surface area contributed by atoms with E-state index in [0.29, 0.717) is 17.1 Å². The fourth-order valence-electron chi connectivity index (χ4n) is 2.67. The van der Waals surface area contributed by atoms with Gasteiger partial charge in [-0.2, -0.15) is 9.78 Å². The molecule has 1 amide bonds. The Morgan fingerprint density at radius 3 is 2.75 bits per heavy atom. The zero-order valence-corrected chi connectivity index (χ0v) is 14.6. The average molecular weight is 379 g/mol. The summed E-state index contributed by atoms with van der Waals surface area (Å²) in [5.41, 5.74) is 0.377. The quantitative estimate of drug-likeness (QED) is 0.567. The molecule has 0 atom stereocenters. The van der Waals surface area contributed by atoms with E-state index in [2.05, 4.69) is 20.4 Å². The highest BCUT2D eigenvalue weighted by Crippen LogP contribution is 2.24. The van der Waals surface area contributed by atoms with E-state index < -0.39 is 11.7 Å². The van der Waals surface area contributed by atoms with E-state index in [4.69, 9.17) is 4.42 Å². The zero-order valence-electron chi connectivity index (χ0n) is 14.6. The number of anilines is 1. The van der Waals surface area contributed by atoms with Crippen molar-refractivity contribution in [1.29, 1.82) is 0 Å². The van der Waals surface area contributed by atoms with Gasteiger partial charge in [0.15, 0.2) is 5.76 Å². The molecule has 0 aliphatic heterocycles. The van der Waals surface area contributed by atoms with E-state index in [9.17, 15) is 14.0 Å². The van der Waals surface area contributed by atoms with Crippen LogP contribution >= 0.6 is 0 Å². The van der Waals surface area contributed by atoms with E-state index in [1.165, 1.54) is 35.2 Å². The topological polar surface area (TPSA) is 106 Å². The number of benzene rings is 1. The minimum absolute atomic E-state index is 0.103. The third-order valence-electron chi connectivity index (χ3n) is 3.90. The fourth-order valence-corrected chi connectivity index (χ4v) is 2.67. The number of aromatic amines is 1. The molecule has 3 aromatic heterocycles. The van der Waals surface area contributed by atoms with Gasteiger partial charge in [0.05, 0.1) is 11.8 Å². The third kappa shape index (κ3) is 3.32. The number of furan rings is 1. The Hall–Kier alpha value is -4.01. The van der Waals surface area contributed by atoms with Crippen LogP contribution < -0.4 is 10.9 Å². The number of halogens is 1. The highest BCUT2D eigenvalue weighted by Gasteiger charge is 2.19. The first-order valence-electron chi connectivity index (χ1n) is 8.29. The molecule has 4 rings (SSSR count). The molecule has 140 valence electrons. The number of hydrogen-bond acceptors (Lipinski definition) is 5. The van der Waals surface area contributed by atoms with Crippen molar-refractivity contribution >= 4 is 11.7 Å². The highest BCUT2D eigenvalue weighted by atomic mass is 19.1. The number of carbonyl (C=O) groups is 1. The summed E-state index contributed by atoms with van der Waals surface area (Å²) >= 11 is 0. The molecule has 4 aromatic rings. The molecule has 0 spiro atoms. The summed E-state index contributed by atoms with van der Waals surface area (Å²) in [6.07, 6.45) is 1.48. The van der Waals surface area contributed by atoms with E-state index >= 15 is 0 Å². The molecule has 0 radical (unpaired) electrons. The third-order valence-corrected chi connectivity index (χ3v) is 3.90. The van der Waals surface area contributed by atoms with Gasteiger partial charge in [0, 0.05) is 17.8 Å². The van der Waals surface area contributed by atoms with Crippen LogP contribution in [-0.2, 0) is 0 Å². The van der Waals surface area contributed by atoms with Gasteiger partial charge in [-0.1, -0.05) is 12.1 Å². The Labute approximate surface area is 157 Å². The second-order valence-corrected chi connectivity index (χ2v) is 5.95. The van der Waals surface area contributed by atoms with Crippen LogP contribution in [0.15, 0.2) is 64.0 Å². The lowest BCUT2D eigenvalue weighted by Gasteiger charge is -2.08. The number of aromatic nitrogens is 4. The number of carbonyl (C=O) groups excluding carboxylic acids is 1.